The molecule has 0 amide bonds. The maximum atomic E-state index is 12.9. The molecule has 28 heavy (non-hydrogen) atoms. The highest BCUT2D eigenvalue weighted by atomic mass is 32.2. The number of aryl methyl sites for hydroxylation is 1. The van der Waals surface area contributed by atoms with Crippen LogP contribution in [0.5, 0.6) is 0 Å². The largest absolute Gasteiger partial charge is 0.379 e. The van der Waals surface area contributed by atoms with Crippen LogP contribution in [0.1, 0.15) is 16.1 Å². The fraction of sp³-hybridized carbons (Fsp3) is 0.526. The zero-order valence-electron chi connectivity index (χ0n) is 16.1. The normalized spacial score (nSPS) is 20.6. The maximum Gasteiger partial charge on any atom is 0.282 e. The first-order valence-corrected chi connectivity index (χ1v) is 11.0. The summed E-state index contributed by atoms with van der Waals surface area (Å²) in [4.78, 5) is 18.2. The zero-order chi connectivity index (χ0) is 19.7. The Kier molecular flexibility index (Phi) is 5.52. The van der Waals surface area contributed by atoms with Gasteiger partial charge in [-0.15, -0.1) is 0 Å². The second kappa shape index (κ2) is 7.92. The lowest BCUT2D eigenvalue weighted by molar-refractivity contribution is 0.0681. The molecule has 0 spiro atoms. The lowest BCUT2D eigenvalue weighted by Gasteiger charge is -2.37. The van der Waals surface area contributed by atoms with Crippen molar-refractivity contribution in [3.63, 3.8) is 0 Å². The molecule has 2 aliphatic heterocycles. The van der Waals surface area contributed by atoms with E-state index < -0.39 is 10.2 Å². The number of para-hydroxylation sites is 1. The third kappa shape index (κ3) is 3.72. The van der Waals surface area contributed by atoms with Crippen LogP contribution in [0, 0.1) is 6.92 Å². The number of nitrogens with zero attached hydrogens (tertiary/aromatic N) is 3. The molecular formula is C19H26N4O4S. The molecule has 0 unspecified atom stereocenters. The number of ketones is 1. The molecule has 2 fully saturated rings. The van der Waals surface area contributed by atoms with Crippen LogP contribution in [0.25, 0.3) is 10.9 Å². The Morgan fingerprint density at radius 3 is 2.39 bits per heavy atom. The van der Waals surface area contributed by atoms with Gasteiger partial charge in [-0.2, -0.15) is 17.0 Å². The van der Waals surface area contributed by atoms with Gasteiger partial charge in [0.1, 0.15) is 0 Å². The summed E-state index contributed by atoms with van der Waals surface area (Å²) >= 11 is 0. The van der Waals surface area contributed by atoms with E-state index in [1.54, 1.807) is 0 Å². The second-order valence-electron chi connectivity index (χ2n) is 7.29. The molecule has 3 heterocycles. The van der Waals surface area contributed by atoms with Crippen molar-refractivity contribution in [3.8, 4) is 0 Å². The number of hydrogen-bond acceptors (Lipinski definition) is 5. The Morgan fingerprint density at radius 1 is 1.04 bits per heavy atom. The van der Waals surface area contributed by atoms with Crippen molar-refractivity contribution in [1.82, 2.24) is 18.5 Å². The van der Waals surface area contributed by atoms with Crippen LogP contribution in [0.15, 0.2) is 24.3 Å². The average molecular weight is 407 g/mol. The van der Waals surface area contributed by atoms with E-state index in [2.05, 4.69) is 4.98 Å². The third-order valence-corrected chi connectivity index (χ3v) is 7.53. The van der Waals surface area contributed by atoms with Gasteiger partial charge in [0.2, 0.25) is 0 Å². The van der Waals surface area contributed by atoms with Crippen LogP contribution in [0.3, 0.4) is 0 Å². The van der Waals surface area contributed by atoms with Crippen LogP contribution in [-0.4, -0.2) is 91.7 Å². The Labute approximate surface area is 165 Å². The molecule has 0 bridgehead atoms. The lowest BCUT2D eigenvalue weighted by atomic mass is 10.1. The SMILES string of the molecule is Cc1[nH]c2ccccc2c1C(=O)CN1CCN(S(=O)(=O)N2CCOCC2)CC1. The van der Waals surface area contributed by atoms with Crippen LogP contribution < -0.4 is 0 Å². The van der Waals surface area contributed by atoms with Crippen molar-refractivity contribution in [2.75, 3.05) is 59.0 Å². The van der Waals surface area contributed by atoms with Gasteiger partial charge in [-0.3, -0.25) is 9.69 Å². The number of Topliss-reactive ketones (excluding diaryl/α,β-unsaturated/α-hetero) is 1. The summed E-state index contributed by atoms with van der Waals surface area (Å²) in [5, 5.41) is 0.943. The van der Waals surface area contributed by atoms with E-state index in [1.165, 1.54) is 8.61 Å². The Bertz CT molecular complexity index is 957. The van der Waals surface area contributed by atoms with Crippen molar-refractivity contribution >= 4 is 26.9 Å². The Balaban J connectivity index is 1.39. The number of H-pyrrole nitrogens is 1. The molecule has 1 aromatic carbocycles. The van der Waals surface area contributed by atoms with Crippen LogP contribution in [0.4, 0.5) is 0 Å². The van der Waals surface area contributed by atoms with Gasteiger partial charge in [0.15, 0.2) is 5.78 Å². The number of aromatic nitrogens is 1. The molecule has 1 N–H and O–H groups in total. The van der Waals surface area contributed by atoms with Crippen molar-refractivity contribution in [3.05, 3.63) is 35.5 Å². The number of nitrogens with one attached hydrogen (secondary N) is 1. The number of morpholine rings is 1. The minimum atomic E-state index is -3.45. The van der Waals surface area contributed by atoms with Crippen molar-refractivity contribution in [2.45, 2.75) is 6.92 Å². The average Bonchev–Trinajstić information content (AvgIpc) is 3.05. The highest BCUT2D eigenvalue weighted by Gasteiger charge is 2.33. The molecule has 0 saturated carbocycles. The third-order valence-electron chi connectivity index (χ3n) is 5.49. The monoisotopic (exact) mass is 406 g/mol. The van der Waals surface area contributed by atoms with Crippen molar-refractivity contribution in [1.29, 1.82) is 0 Å². The zero-order valence-corrected chi connectivity index (χ0v) is 16.9. The number of hydrogen-bond donors (Lipinski definition) is 1. The second-order valence-corrected chi connectivity index (χ2v) is 9.22. The molecule has 0 radical (unpaired) electrons. The van der Waals surface area contributed by atoms with Gasteiger partial charge in [0, 0.05) is 61.4 Å². The molecular weight excluding hydrogens is 380 g/mol. The summed E-state index contributed by atoms with van der Waals surface area (Å²) in [5.41, 5.74) is 2.57. The van der Waals surface area contributed by atoms with Crippen molar-refractivity contribution in [2.24, 2.45) is 0 Å². The minimum absolute atomic E-state index is 0.0689. The van der Waals surface area contributed by atoms with E-state index in [4.69, 9.17) is 4.74 Å². The molecule has 1 aromatic heterocycles. The summed E-state index contributed by atoms with van der Waals surface area (Å²) in [6.45, 7) is 5.82. The summed E-state index contributed by atoms with van der Waals surface area (Å²) in [5.74, 6) is 0.0689. The molecule has 2 aliphatic rings. The fourth-order valence-electron chi connectivity index (χ4n) is 3.98. The van der Waals surface area contributed by atoms with Gasteiger partial charge in [0.25, 0.3) is 10.2 Å². The molecule has 4 rings (SSSR count). The van der Waals surface area contributed by atoms with Gasteiger partial charge in [-0.05, 0) is 13.0 Å². The standard InChI is InChI=1S/C19H26N4O4S/c1-15-19(16-4-2-3-5-17(16)20-15)18(24)14-21-6-8-22(9-7-21)28(25,26)23-10-12-27-13-11-23/h2-5,20H,6-14H2,1H3. The fourth-order valence-corrected chi connectivity index (χ4v) is 5.54. The first-order valence-electron chi connectivity index (χ1n) is 9.62. The molecule has 0 aliphatic carbocycles. The number of benzene rings is 1. The first kappa shape index (κ1) is 19.5. The van der Waals surface area contributed by atoms with E-state index in [-0.39, 0.29) is 5.78 Å². The predicted molar refractivity (Wildman–Crippen MR) is 107 cm³/mol. The molecule has 2 aromatic rings. The first-order chi connectivity index (χ1) is 13.5. The van der Waals surface area contributed by atoms with E-state index in [1.807, 2.05) is 36.1 Å². The number of ether oxygens (including phenoxy) is 1. The molecule has 8 nitrogen and oxygen atoms in total. The maximum absolute atomic E-state index is 12.9. The van der Waals surface area contributed by atoms with Crippen LogP contribution in [-0.2, 0) is 14.9 Å². The van der Waals surface area contributed by atoms with E-state index >= 15 is 0 Å². The topological polar surface area (TPSA) is 86.0 Å². The Morgan fingerprint density at radius 2 is 1.68 bits per heavy atom. The van der Waals surface area contributed by atoms with Crippen LogP contribution in [0.2, 0.25) is 0 Å². The number of fused-ring (bicyclic) bond motifs is 1. The Hall–Kier alpha value is -1.78. The summed E-state index contributed by atoms with van der Waals surface area (Å²) < 4.78 is 33.8. The molecule has 152 valence electrons. The van der Waals surface area contributed by atoms with Crippen molar-refractivity contribution < 1.29 is 17.9 Å². The number of carbonyl (C=O) groups excluding carboxylic acids is 1. The summed E-state index contributed by atoms with van der Waals surface area (Å²) in [6.07, 6.45) is 0. The van der Waals surface area contributed by atoms with Gasteiger partial charge in [-0.1, -0.05) is 18.2 Å². The number of aromatic amines is 1. The van der Waals surface area contributed by atoms with Gasteiger partial charge in [-0.25, -0.2) is 0 Å². The highest BCUT2D eigenvalue weighted by Crippen LogP contribution is 2.23. The molecule has 0 atom stereocenters. The van der Waals surface area contributed by atoms with E-state index in [0.29, 0.717) is 59.0 Å². The highest BCUT2D eigenvalue weighted by molar-refractivity contribution is 7.86. The number of piperazine rings is 1. The molecule has 2 saturated heterocycles. The lowest BCUT2D eigenvalue weighted by Crippen LogP contribution is -2.55. The quantitative estimate of drug-likeness (QED) is 0.744. The van der Waals surface area contributed by atoms with Crippen LogP contribution >= 0.6 is 0 Å². The number of rotatable bonds is 5. The van der Waals surface area contributed by atoms with E-state index in [9.17, 15) is 13.2 Å². The summed E-state index contributed by atoms with van der Waals surface area (Å²) in [6, 6.07) is 7.80. The predicted octanol–water partition coefficient (Wildman–Crippen LogP) is 0.854. The molecule has 9 heteroatoms. The summed E-state index contributed by atoms with van der Waals surface area (Å²) in [7, 11) is -3.45. The smallest absolute Gasteiger partial charge is 0.282 e. The minimum Gasteiger partial charge on any atom is -0.379 e. The van der Waals surface area contributed by atoms with E-state index in [0.717, 1.165) is 22.2 Å². The van der Waals surface area contributed by atoms with Gasteiger partial charge < -0.3 is 9.72 Å². The van der Waals surface area contributed by atoms with Gasteiger partial charge in [0.05, 0.1) is 19.8 Å². The number of carbonyl (C=O) groups is 1. The van der Waals surface area contributed by atoms with Gasteiger partial charge >= 0.3 is 0 Å².